The van der Waals surface area contributed by atoms with Gasteiger partial charge in [-0.2, -0.15) is 0 Å². The minimum atomic E-state index is -0.957. The van der Waals surface area contributed by atoms with Crippen molar-refractivity contribution in [1.82, 2.24) is 5.32 Å². The molecule has 4 nitrogen and oxygen atoms in total. The van der Waals surface area contributed by atoms with E-state index in [2.05, 4.69) is 11.4 Å². The molecule has 0 bridgehead atoms. The zero-order valence-electron chi connectivity index (χ0n) is 11.6. The summed E-state index contributed by atoms with van der Waals surface area (Å²) in [5.41, 5.74) is 1.76. The molecular formula is C16H21NO3. The van der Waals surface area contributed by atoms with Crippen LogP contribution < -0.4 is 10.1 Å². The minimum Gasteiger partial charge on any atom is -0.491 e. The highest BCUT2D eigenvalue weighted by Crippen LogP contribution is 2.19. The average molecular weight is 275 g/mol. The van der Waals surface area contributed by atoms with E-state index < -0.39 is 5.97 Å². The van der Waals surface area contributed by atoms with E-state index in [4.69, 9.17) is 9.84 Å². The van der Waals surface area contributed by atoms with Gasteiger partial charge in [0.15, 0.2) is 0 Å². The molecule has 0 atom stereocenters. The van der Waals surface area contributed by atoms with Crippen LogP contribution in [-0.4, -0.2) is 30.8 Å². The van der Waals surface area contributed by atoms with Crippen molar-refractivity contribution in [2.75, 3.05) is 19.7 Å². The van der Waals surface area contributed by atoms with Crippen LogP contribution >= 0.6 is 0 Å². The molecule has 0 radical (unpaired) electrons. The standard InChI is InChI=1S/C16H21NO3/c18-16(19)14-7-3-4-8-15(14)20-12-11-17-10-9-13-5-1-2-6-13/h3-5,7-8,17H,1-2,6,9-12H2,(H,18,19). The van der Waals surface area contributed by atoms with E-state index in [0.29, 0.717) is 12.4 Å². The first-order valence-corrected chi connectivity index (χ1v) is 7.11. The Morgan fingerprint density at radius 3 is 2.90 bits per heavy atom. The Balaban J connectivity index is 1.64. The maximum absolute atomic E-state index is 11.0. The zero-order chi connectivity index (χ0) is 14.2. The molecular weight excluding hydrogens is 254 g/mol. The third-order valence-corrected chi connectivity index (χ3v) is 3.41. The van der Waals surface area contributed by atoms with Gasteiger partial charge in [-0.05, 0) is 44.4 Å². The van der Waals surface area contributed by atoms with Crippen molar-refractivity contribution in [3.63, 3.8) is 0 Å². The van der Waals surface area contributed by atoms with Gasteiger partial charge in [-0.25, -0.2) is 4.79 Å². The van der Waals surface area contributed by atoms with Gasteiger partial charge >= 0.3 is 5.97 Å². The topological polar surface area (TPSA) is 58.6 Å². The lowest BCUT2D eigenvalue weighted by atomic mass is 10.2. The highest BCUT2D eigenvalue weighted by Gasteiger charge is 2.09. The van der Waals surface area contributed by atoms with E-state index in [0.717, 1.165) is 19.5 Å². The number of para-hydroxylation sites is 1. The number of carbonyl (C=O) groups is 1. The van der Waals surface area contributed by atoms with Gasteiger partial charge in [-0.1, -0.05) is 23.8 Å². The van der Waals surface area contributed by atoms with Crippen LogP contribution in [0.3, 0.4) is 0 Å². The summed E-state index contributed by atoms with van der Waals surface area (Å²) in [6.07, 6.45) is 7.20. The molecule has 0 saturated heterocycles. The highest BCUT2D eigenvalue weighted by molar-refractivity contribution is 5.90. The largest absolute Gasteiger partial charge is 0.491 e. The molecule has 2 N–H and O–H groups in total. The Morgan fingerprint density at radius 1 is 1.30 bits per heavy atom. The Bertz CT molecular complexity index is 482. The lowest BCUT2D eigenvalue weighted by Crippen LogP contribution is -2.22. The van der Waals surface area contributed by atoms with Crippen LogP contribution in [0.5, 0.6) is 5.75 Å². The first-order chi connectivity index (χ1) is 9.77. The van der Waals surface area contributed by atoms with Crippen LogP contribution in [0.25, 0.3) is 0 Å². The predicted molar refractivity (Wildman–Crippen MR) is 78.3 cm³/mol. The number of benzene rings is 1. The van der Waals surface area contributed by atoms with Crippen molar-refractivity contribution >= 4 is 5.97 Å². The van der Waals surface area contributed by atoms with Crippen LogP contribution in [0.15, 0.2) is 35.9 Å². The Hall–Kier alpha value is -1.81. The lowest BCUT2D eigenvalue weighted by Gasteiger charge is -2.10. The number of nitrogens with one attached hydrogen (secondary N) is 1. The van der Waals surface area contributed by atoms with Gasteiger partial charge < -0.3 is 15.2 Å². The Kier molecular flexibility index (Phi) is 5.62. The maximum Gasteiger partial charge on any atom is 0.339 e. The molecule has 4 heteroatoms. The zero-order valence-corrected chi connectivity index (χ0v) is 11.6. The molecule has 108 valence electrons. The second kappa shape index (κ2) is 7.70. The number of carboxylic acid groups (broad SMARTS) is 1. The summed E-state index contributed by atoms with van der Waals surface area (Å²) in [7, 11) is 0. The third kappa shape index (κ3) is 4.38. The second-order valence-corrected chi connectivity index (χ2v) is 4.90. The predicted octanol–water partition coefficient (Wildman–Crippen LogP) is 2.85. The number of aromatic carboxylic acids is 1. The van der Waals surface area contributed by atoms with Crippen molar-refractivity contribution in [2.45, 2.75) is 25.7 Å². The van der Waals surface area contributed by atoms with Gasteiger partial charge in [0.2, 0.25) is 0 Å². The van der Waals surface area contributed by atoms with Gasteiger partial charge in [0.25, 0.3) is 0 Å². The number of rotatable bonds is 8. The molecule has 0 saturated carbocycles. The van der Waals surface area contributed by atoms with Crippen LogP contribution in [-0.2, 0) is 0 Å². The molecule has 2 rings (SSSR count). The second-order valence-electron chi connectivity index (χ2n) is 4.90. The first-order valence-electron chi connectivity index (χ1n) is 7.11. The number of hydrogen-bond donors (Lipinski definition) is 2. The van der Waals surface area contributed by atoms with Gasteiger partial charge in [0.1, 0.15) is 17.9 Å². The molecule has 1 aliphatic rings. The van der Waals surface area contributed by atoms with E-state index in [1.54, 1.807) is 29.8 Å². The van der Waals surface area contributed by atoms with Crippen LogP contribution in [0.2, 0.25) is 0 Å². The Morgan fingerprint density at radius 2 is 2.15 bits per heavy atom. The van der Waals surface area contributed by atoms with Crippen molar-refractivity contribution in [3.05, 3.63) is 41.5 Å². The number of allylic oxidation sites excluding steroid dienone is 1. The van der Waals surface area contributed by atoms with Gasteiger partial charge in [0, 0.05) is 6.54 Å². The molecule has 20 heavy (non-hydrogen) atoms. The number of carboxylic acids is 1. The average Bonchev–Trinajstić information content (AvgIpc) is 2.96. The fourth-order valence-electron chi connectivity index (χ4n) is 2.34. The van der Waals surface area contributed by atoms with Crippen molar-refractivity contribution in [2.24, 2.45) is 0 Å². The molecule has 0 aliphatic heterocycles. The van der Waals surface area contributed by atoms with E-state index in [9.17, 15) is 4.79 Å². The van der Waals surface area contributed by atoms with Gasteiger partial charge in [0.05, 0.1) is 0 Å². The maximum atomic E-state index is 11.0. The molecule has 0 heterocycles. The quantitative estimate of drug-likeness (QED) is 0.566. The minimum absolute atomic E-state index is 0.212. The molecule has 1 aliphatic carbocycles. The lowest BCUT2D eigenvalue weighted by molar-refractivity contribution is 0.0692. The SMILES string of the molecule is O=C(O)c1ccccc1OCCNCCC1=CCCC1. The summed E-state index contributed by atoms with van der Waals surface area (Å²) in [6.45, 7) is 2.15. The fraction of sp³-hybridized carbons (Fsp3) is 0.438. The van der Waals surface area contributed by atoms with E-state index >= 15 is 0 Å². The molecule has 0 aromatic heterocycles. The van der Waals surface area contributed by atoms with Crippen LogP contribution in [0.1, 0.15) is 36.0 Å². The number of ether oxygens (including phenoxy) is 1. The summed E-state index contributed by atoms with van der Waals surface area (Å²) in [5.74, 6) is -0.526. The molecule has 1 aromatic carbocycles. The van der Waals surface area contributed by atoms with E-state index in [1.165, 1.54) is 19.3 Å². The molecule has 0 unspecified atom stereocenters. The monoisotopic (exact) mass is 275 g/mol. The summed E-state index contributed by atoms with van der Waals surface area (Å²) in [5, 5.41) is 12.3. The normalized spacial score (nSPS) is 14.1. The summed E-state index contributed by atoms with van der Waals surface area (Å²) in [4.78, 5) is 11.0. The molecule has 0 amide bonds. The molecule has 0 spiro atoms. The van der Waals surface area contributed by atoms with Gasteiger partial charge in [-0.15, -0.1) is 0 Å². The summed E-state index contributed by atoms with van der Waals surface area (Å²) >= 11 is 0. The van der Waals surface area contributed by atoms with E-state index in [1.807, 2.05) is 0 Å². The van der Waals surface area contributed by atoms with Crippen molar-refractivity contribution in [3.8, 4) is 5.75 Å². The third-order valence-electron chi connectivity index (χ3n) is 3.41. The van der Waals surface area contributed by atoms with Crippen molar-refractivity contribution in [1.29, 1.82) is 0 Å². The fourth-order valence-corrected chi connectivity index (χ4v) is 2.34. The summed E-state index contributed by atoms with van der Waals surface area (Å²) in [6, 6.07) is 6.72. The molecule has 1 aromatic rings. The Labute approximate surface area is 119 Å². The molecule has 0 fully saturated rings. The highest BCUT2D eigenvalue weighted by atomic mass is 16.5. The first kappa shape index (κ1) is 14.6. The van der Waals surface area contributed by atoms with E-state index in [-0.39, 0.29) is 5.56 Å². The summed E-state index contributed by atoms with van der Waals surface area (Å²) < 4.78 is 5.51. The number of hydrogen-bond acceptors (Lipinski definition) is 3. The van der Waals surface area contributed by atoms with Crippen molar-refractivity contribution < 1.29 is 14.6 Å². The van der Waals surface area contributed by atoms with Crippen LogP contribution in [0.4, 0.5) is 0 Å². The smallest absolute Gasteiger partial charge is 0.339 e. The van der Waals surface area contributed by atoms with Crippen LogP contribution in [0, 0.1) is 0 Å². The van der Waals surface area contributed by atoms with Gasteiger partial charge in [-0.3, -0.25) is 0 Å².